The lowest BCUT2D eigenvalue weighted by atomic mass is 10.2. The Bertz CT molecular complexity index is 787. The van der Waals surface area contributed by atoms with Crippen LogP contribution in [-0.4, -0.2) is 28.7 Å². The third-order valence-corrected chi connectivity index (χ3v) is 4.34. The number of aromatic nitrogens is 1. The number of nitrogens with one attached hydrogen (secondary N) is 2. The summed E-state index contributed by atoms with van der Waals surface area (Å²) in [5.74, 6) is -0.513. The molecule has 0 bridgehead atoms. The van der Waals surface area contributed by atoms with E-state index in [4.69, 9.17) is 0 Å². The van der Waals surface area contributed by atoms with Gasteiger partial charge in [-0.05, 0) is 25.5 Å². The number of hydrogen-bond donors (Lipinski definition) is 2. The predicted octanol–water partition coefficient (Wildman–Crippen LogP) is 1.98. The number of thiazole rings is 1. The first kappa shape index (κ1) is 16.1. The molecule has 1 aliphatic heterocycles. The third-order valence-electron chi connectivity index (χ3n) is 3.55. The molecule has 2 amide bonds. The van der Waals surface area contributed by atoms with Crippen LogP contribution >= 0.6 is 11.3 Å². The third kappa shape index (κ3) is 3.13. The average Bonchev–Trinajstić information content (AvgIpc) is 3.05. The van der Waals surface area contributed by atoms with Gasteiger partial charge in [-0.3, -0.25) is 15.0 Å². The fourth-order valence-corrected chi connectivity index (χ4v) is 3.06. The minimum atomic E-state index is -0.640. The maximum absolute atomic E-state index is 12.5. The van der Waals surface area contributed by atoms with Gasteiger partial charge in [0.2, 0.25) is 5.84 Å². The van der Waals surface area contributed by atoms with Crippen LogP contribution in [0.2, 0.25) is 0 Å². The SMILES string of the molecule is CCc1ncsc1NC(=O)C1=N[C@H](C)C(=O)N(c2ccccc2)N1. The number of benzene rings is 1. The van der Waals surface area contributed by atoms with Gasteiger partial charge in [-0.15, -0.1) is 11.3 Å². The molecule has 7 nitrogen and oxygen atoms in total. The lowest BCUT2D eigenvalue weighted by molar-refractivity contribution is -0.120. The normalized spacial score (nSPS) is 17.2. The summed E-state index contributed by atoms with van der Waals surface area (Å²) in [6.45, 7) is 3.63. The maximum Gasteiger partial charge on any atom is 0.293 e. The van der Waals surface area contributed by atoms with Gasteiger partial charge in [-0.1, -0.05) is 25.1 Å². The Hall–Kier alpha value is -2.74. The molecule has 0 saturated heterocycles. The van der Waals surface area contributed by atoms with Crippen molar-refractivity contribution in [1.82, 2.24) is 10.4 Å². The minimum Gasteiger partial charge on any atom is -0.309 e. The molecular formula is C16H17N5O2S. The van der Waals surface area contributed by atoms with E-state index < -0.39 is 11.9 Å². The number of nitrogens with zero attached hydrogens (tertiary/aromatic N) is 3. The summed E-state index contributed by atoms with van der Waals surface area (Å²) >= 11 is 1.36. The second-order valence-electron chi connectivity index (χ2n) is 5.21. The summed E-state index contributed by atoms with van der Waals surface area (Å²) in [7, 11) is 0. The minimum absolute atomic E-state index is 0.0985. The van der Waals surface area contributed by atoms with Gasteiger partial charge in [-0.25, -0.2) is 15.0 Å². The van der Waals surface area contributed by atoms with Gasteiger partial charge in [-0.2, -0.15) is 0 Å². The highest BCUT2D eigenvalue weighted by Gasteiger charge is 2.31. The number of carbonyl (C=O) groups excluding carboxylic acids is 2. The summed E-state index contributed by atoms with van der Waals surface area (Å²) in [5.41, 5.74) is 5.97. The van der Waals surface area contributed by atoms with Crippen LogP contribution in [0.1, 0.15) is 19.5 Å². The standard InChI is InChI=1S/C16H17N5O2S/c1-3-12-15(24-9-17-12)19-14(22)13-18-10(2)16(23)21(20-13)11-7-5-4-6-8-11/h4-10H,3H2,1-2H3,(H,18,20)(H,19,22)/t10-/m1/s1. The van der Waals surface area contributed by atoms with E-state index in [2.05, 4.69) is 20.7 Å². The van der Waals surface area contributed by atoms with Crippen molar-refractivity contribution in [3.05, 3.63) is 41.5 Å². The number of amidine groups is 1. The van der Waals surface area contributed by atoms with E-state index in [0.717, 1.165) is 12.1 Å². The van der Waals surface area contributed by atoms with Crippen LogP contribution < -0.4 is 15.8 Å². The van der Waals surface area contributed by atoms with Crippen LogP contribution in [0.15, 0.2) is 40.8 Å². The number of carbonyl (C=O) groups is 2. The molecule has 0 saturated carbocycles. The van der Waals surface area contributed by atoms with Crippen LogP contribution in [0.25, 0.3) is 0 Å². The number of para-hydroxylation sites is 1. The van der Waals surface area contributed by atoms with Gasteiger partial charge in [0.15, 0.2) is 0 Å². The largest absolute Gasteiger partial charge is 0.309 e. The molecule has 24 heavy (non-hydrogen) atoms. The predicted molar refractivity (Wildman–Crippen MR) is 94.1 cm³/mol. The Morgan fingerprint density at radius 2 is 2.12 bits per heavy atom. The topological polar surface area (TPSA) is 86.7 Å². The number of aryl methyl sites for hydroxylation is 1. The molecule has 0 unspecified atom stereocenters. The average molecular weight is 343 g/mol. The quantitative estimate of drug-likeness (QED) is 0.889. The number of aliphatic imine (C=N–C) groups is 1. The Balaban J connectivity index is 1.81. The highest BCUT2D eigenvalue weighted by molar-refractivity contribution is 7.14. The van der Waals surface area contributed by atoms with Gasteiger partial charge in [0.25, 0.3) is 11.8 Å². The molecule has 1 atom stereocenters. The van der Waals surface area contributed by atoms with Crippen molar-refractivity contribution in [3.8, 4) is 0 Å². The van der Waals surface area contributed by atoms with Gasteiger partial charge in [0.1, 0.15) is 11.0 Å². The fraction of sp³-hybridized carbons (Fsp3) is 0.250. The molecule has 1 aromatic heterocycles. The van der Waals surface area contributed by atoms with Crippen molar-refractivity contribution in [1.29, 1.82) is 0 Å². The summed E-state index contributed by atoms with van der Waals surface area (Å²) in [6.07, 6.45) is 0.726. The van der Waals surface area contributed by atoms with Crippen molar-refractivity contribution in [2.24, 2.45) is 4.99 Å². The zero-order valence-electron chi connectivity index (χ0n) is 13.3. The summed E-state index contributed by atoms with van der Waals surface area (Å²) in [4.78, 5) is 33.2. The monoisotopic (exact) mass is 343 g/mol. The van der Waals surface area contributed by atoms with Gasteiger partial charge < -0.3 is 5.32 Å². The maximum atomic E-state index is 12.5. The van der Waals surface area contributed by atoms with E-state index in [1.54, 1.807) is 24.6 Å². The van der Waals surface area contributed by atoms with Crippen molar-refractivity contribution in [2.45, 2.75) is 26.3 Å². The van der Waals surface area contributed by atoms with E-state index in [0.29, 0.717) is 10.7 Å². The first-order chi connectivity index (χ1) is 11.6. The van der Waals surface area contributed by atoms with E-state index in [1.807, 2.05) is 25.1 Å². The molecule has 0 aliphatic carbocycles. The molecular weight excluding hydrogens is 326 g/mol. The highest BCUT2D eigenvalue weighted by Crippen LogP contribution is 2.21. The van der Waals surface area contributed by atoms with Crippen molar-refractivity contribution in [3.63, 3.8) is 0 Å². The zero-order valence-corrected chi connectivity index (χ0v) is 14.1. The molecule has 1 aromatic carbocycles. The number of anilines is 2. The van der Waals surface area contributed by atoms with Gasteiger partial charge >= 0.3 is 0 Å². The van der Waals surface area contributed by atoms with E-state index in [1.165, 1.54) is 16.3 Å². The summed E-state index contributed by atoms with van der Waals surface area (Å²) < 4.78 is 0. The van der Waals surface area contributed by atoms with Crippen LogP contribution in [0.5, 0.6) is 0 Å². The lowest BCUT2D eigenvalue weighted by Gasteiger charge is -2.30. The lowest BCUT2D eigenvalue weighted by Crippen LogP contribution is -2.57. The second kappa shape index (κ2) is 6.79. The van der Waals surface area contributed by atoms with Crippen LogP contribution in [0.3, 0.4) is 0 Å². The second-order valence-corrected chi connectivity index (χ2v) is 6.07. The molecule has 2 aromatic rings. The molecule has 1 aliphatic rings. The first-order valence-corrected chi connectivity index (χ1v) is 8.45. The van der Waals surface area contributed by atoms with Crippen molar-refractivity contribution >= 4 is 39.7 Å². The molecule has 2 heterocycles. The van der Waals surface area contributed by atoms with E-state index in [-0.39, 0.29) is 11.7 Å². The Labute approximate surface area is 143 Å². The van der Waals surface area contributed by atoms with Crippen LogP contribution in [-0.2, 0) is 16.0 Å². The molecule has 3 rings (SSSR count). The Morgan fingerprint density at radius 3 is 2.83 bits per heavy atom. The molecule has 0 spiro atoms. The van der Waals surface area contributed by atoms with E-state index >= 15 is 0 Å². The molecule has 0 radical (unpaired) electrons. The van der Waals surface area contributed by atoms with Crippen LogP contribution in [0, 0.1) is 0 Å². The smallest absolute Gasteiger partial charge is 0.293 e. The first-order valence-electron chi connectivity index (χ1n) is 7.57. The number of amides is 2. The van der Waals surface area contributed by atoms with Crippen molar-refractivity contribution in [2.75, 3.05) is 10.3 Å². The zero-order chi connectivity index (χ0) is 17.1. The summed E-state index contributed by atoms with van der Waals surface area (Å²) in [5, 5.41) is 4.85. The number of hydrazine groups is 1. The molecule has 8 heteroatoms. The number of hydrogen-bond acceptors (Lipinski definition) is 6. The summed E-state index contributed by atoms with van der Waals surface area (Å²) in [6, 6.07) is 8.45. The Morgan fingerprint density at radius 1 is 1.38 bits per heavy atom. The Kier molecular flexibility index (Phi) is 4.57. The van der Waals surface area contributed by atoms with Gasteiger partial charge in [0, 0.05) is 0 Å². The molecule has 2 N–H and O–H groups in total. The molecule has 124 valence electrons. The number of rotatable bonds is 4. The fourth-order valence-electron chi connectivity index (χ4n) is 2.29. The van der Waals surface area contributed by atoms with Crippen molar-refractivity contribution < 1.29 is 9.59 Å². The highest BCUT2D eigenvalue weighted by atomic mass is 32.1. The van der Waals surface area contributed by atoms with Gasteiger partial charge in [0.05, 0.1) is 16.9 Å². The molecule has 0 fully saturated rings. The van der Waals surface area contributed by atoms with Crippen LogP contribution in [0.4, 0.5) is 10.7 Å². The van der Waals surface area contributed by atoms with E-state index in [9.17, 15) is 9.59 Å².